The van der Waals surface area contributed by atoms with Crippen LogP contribution < -0.4 is 0 Å². The highest BCUT2D eigenvalue weighted by atomic mass is 32.2. The maximum Gasteiger partial charge on any atom is 0.191 e. The Hall–Kier alpha value is -2.02. The van der Waals surface area contributed by atoms with Crippen LogP contribution in [0.4, 0.5) is 0 Å². The average Bonchev–Trinajstić information content (AvgIpc) is 3.44. The minimum absolute atomic E-state index is 0.154. The number of carbonyl (C=O) groups excluding carboxylic acids is 1. The molecule has 0 spiro atoms. The fourth-order valence-electron chi connectivity index (χ4n) is 3.70. The van der Waals surface area contributed by atoms with Crippen LogP contribution in [0.25, 0.3) is 10.7 Å². The van der Waals surface area contributed by atoms with Crippen LogP contribution in [0.3, 0.4) is 0 Å². The number of nitrogens with zero attached hydrogens (tertiary/aromatic N) is 5. The summed E-state index contributed by atoms with van der Waals surface area (Å²) < 4.78 is 1.95. The number of hydrogen-bond acceptors (Lipinski definition) is 8. The average molecular weight is 458 g/mol. The van der Waals surface area contributed by atoms with E-state index in [0.717, 1.165) is 35.2 Å². The zero-order valence-corrected chi connectivity index (χ0v) is 19.7. The Morgan fingerprint density at radius 1 is 1.47 bits per heavy atom. The Labute approximate surface area is 188 Å². The van der Waals surface area contributed by atoms with Gasteiger partial charge < -0.3 is 4.57 Å². The van der Waals surface area contributed by atoms with Gasteiger partial charge in [0.2, 0.25) is 0 Å². The van der Waals surface area contributed by atoms with E-state index in [1.54, 1.807) is 0 Å². The first-order valence-corrected chi connectivity index (χ1v) is 12.7. The SMILES string of the molecule is CC[C@H]1CCc2sc(-c3nnc(SCC(=O)[C@@H](C#N)c4nc(C)cs4)n3C)cc2C1. The largest absolute Gasteiger partial charge is 0.304 e. The molecule has 6 nitrogen and oxygen atoms in total. The number of Topliss-reactive ketones (excluding diaryl/α,β-unsaturated/α-hetero) is 1. The maximum atomic E-state index is 12.6. The van der Waals surface area contributed by atoms with Crippen LogP contribution in [0, 0.1) is 24.2 Å². The van der Waals surface area contributed by atoms with E-state index in [-0.39, 0.29) is 11.5 Å². The van der Waals surface area contributed by atoms with Gasteiger partial charge in [-0.15, -0.1) is 32.9 Å². The van der Waals surface area contributed by atoms with Crippen molar-refractivity contribution in [2.75, 3.05) is 5.75 Å². The second-order valence-electron chi connectivity index (χ2n) is 7.59. The van der Waals surface area contributed by atoms with Gasteiger partial charge in [-0.3, -0.25) is 4.79 Å². The van der Waals surface area contributed by atoms with Crippen molar-refractivity contribution < 1.29 is 4.79 Å². The molecule has 1 aliphatic carbocycles. The molecule has 156 valence electrons. The van der Waals surface area contributed by atoms with Crippen molar-refractivity contribution in [2.24, 2.45) is 13.0 Å². The van der Waals surface area contributed by atoms with Gasteiger partial charge in [-0.1, -0.05) is 25.1 Å². The summed E-state index contributed by atoms with van der Waals surface area (Å²) in [4.78, 5) is 19.5. The minimum Gasteiger partial charge on any atom is -0.304 e. The number of carbonyl (C=O) groups is 1. The van der Waals surface area contributed by atoms with Crippen molar-refractivity contribution in [1.82, 2.24) is 19.7 Å². The van der Waals surface area contributed by atoms with Gasteiger partial charge in [-0.25, -0.2) is 4.98 Å². The molecule has 3 heterocycles. The zero-order chi connectivity index (χ0) is 21.3. The van der Waals surface area contributed by atoms with Gasteiger partial charge in [0.1, 0.15) is 5.01 Å². The van der Waals surface area contributed by atoms with Gasteiger partial charge in [0.05, 0.1) is 16.7 Å². The van der Waals surface area contributed by atoms with Crippen LogP contribution in [0.5, 0.6) is 0 Å². The topological polar surface area (TPSA) is 84.5 Å². The monoisotopic (exact) mass is 457 g/mol. The molecule has 0 aliphatic heterocycles. The summed E-state index contributed by atoms with van der Waals surface area (Å²) in [6.07, 6.45) is 4.80. The second-order valence-corrected chi connectivity index (χ2v) is 10.6. The number of thiazole rings is 1. The van der Waals surface area contributed by atoms with Gasteiger partial charge in [-0.2, -0.15) is 5.26 Å². The lowest BCUT2D eigenvalue weighted by atomic mass is 9.87. The zero-order valence-electron chi connectivity index (χ0n) is 17.2. The van der Waals surface area contributed by atoms with E-state index in [0.29, 0.717) is 10.2 Å². The van der Waals surface area contributed by atoms with Gasteiger partial charge in [0, 0.05) is 23.0 Å². The molecule has 1 aliphatic rings. The summed E-state index contributed by atoms with van der Waals surface area (Å²) in [5.41, 5.74) is 2.29. The van der Waals surface area contributed by atoms with Crippen LogP contribution in [0.15, 0.2) is 16.6 Å². The molecule has 0 saturated heterocycles. The third-order valence-corrected chi connectivity index (χ3v) is 8.80. The van der Waals surface area contributed by atoms with Crippen LogP contribution in [-0.4, -0.2) is 31.3 Å². The molecule has 3 aromatic rings. The third kappa shape index (κ3) is 4.22. The molecule has 0 radical (unpaired) electrons. The first kappa shape index (κ1) is 21.2. The Morgan fingerprint density at radius 3 is 3.00 bits per heavy atom. The van der Waals surface area contributed by atoms with Crippen molar-refractivity contribution in [2.45, 2.75) is 50.6 Å². The molecule has 0 unspecified atom stereocenters. The molecule has 0 fully saturated rings. The highest BCUT2D eigenvalue weighted by Gasteiger charge is 2.25. The molecule has 3 aromatic heterocycles. The summed E-state index contributed by atoms with van der Waals surface area (Å²) in [7, 11) is 1.93. The molecule has 0 saturated carbocycles. The number of nitriles is 1. The van der Waals surface area contributed by atoms with Crippen LogP contribution >= 0.6 is 34.4 Å². The molecular weight excluding hydrogens is 434 g/mol. The third-order valence-electron chi connectivity index (χ3n) is 5.50. The standard InChI is InChI=1S/C21H23N5OS3/c1-4-13-5-6-17-14(7-13)8-18(30-17)19-24-25-21(26(19)3)29-11-16(27)15(9-22)20-23-12(2)10-28-20/h8,10,13,15H,4-7,11H2,1-3H3/t13-,15+/m0/s1. The molecule has 30 heavy (non-hydrogen) atoms. The summed E-state index contributed by atoms with van der Waals surface area (Å²) >= 11 is 4.49. The molecule has 0 N–H and O–H groups in total. The molecule has 0 amide bonds. The quantitative estimate of drug-likeness (QED) is 0.474. The molecule has 0 bridgehead atoms. The molecule has 9 heteroatoms. The van der Waals surface area contributed by atoms with E-state index >= 15 is 0 Å². The van der Waals surface area contributed by atoms with Crippen molar-refractivity contribution in [3.63, 3.8) is 0 Å². The number of hydrogen-bond donors (Lipinski definition) is 0. The van der Waals surface area contributed by atoms with Crippen molar-refractivity contribution in [1.29, 1.82) is 5.26 Å². The summed E-state index contributed by atoms with van der Waals surface area (Å²) in [5, 5.41) is 21.2. The van der Waals surface area contributed by atoms with E-state index in [1.807, 2.05) is 35.3 Å². The first-order valence-electron chi connectivity index (χ1n) is 9.98. The first-order chi connectivity index (χ1) is 14.5. The summed E-state index contributed by atoms with van der Waals surface area (Å²) in [5.74, 6) is 0.816. The van der Waals surface area contributed by atoms with Crippen LogP contribution in [-0.2, 0) is 24.7 Å². The number of aromatic nitrogens is 4. The van der Waals surface area contributed by atoms with Crippen LogP contribution in [0.2, 0.25) is 0 Å². The van der Waals surface area contributed by atoms with Gasteiger partial charge in [-0.05, 0) is 43.7 Å². The molecule has 0 aromatic carbocycles. The van der Waals surface area contributed by atoms with Gasteiger partial charge >= 0.3 is 0 Å². The lowest BCUT2D eigenvalue weighted by Crippen LogP contribution is -2.13. The predicted octanol–water partition coefficient (Wildman–Crippen LogP) is 4.79. The number of aryl methyl sites for hydroxylation is 2. The van der Waals surface area contributed by atoms with Crippen molar-refractivity contribution in [3.05, 3.63) is 32.6 Å². The van der Waals surface area contributed by atoms with Crippen molar-refractivity contribution in [3.8, 4) is 16.8 Å². The maximum absolute atomic E-state index is 12.6. The van der Waals surface area contributed by atoms with E-state index < -0.39 is 5.92 Å². The van der Waals surface area contributed by atoms with E-state index in [2.05, 4.69) is 34.2 Å². The highest BCUT2D eigenvalue weighted by molar-refractivity contribution is 7.99. The van der Waals surface area contributed by atoms with Crippen LogP contribution in [0.1, 0.15) is 46.8 Å². The second kappa shape index (κ2) is 9.00. The Balaban J connectivity index is 1.46. The normalized spacial score (nSPS) is 16.8. The smallest absolute Gasteiger partial charge is 0.191 e. The summed E-state index contributed by atoms with van der Waals surface area (Å²) in [6, 6.07) is 4.36. The highest BCUT2D eigenvalue weighted by Crippen LogP contribution is 2.38. The minimum atomic E-state index is -0.820. The van der Waals surface area contributed by atoms with Crippen molar-refractivity contribution >= 4 is 40.2 Å². The number of rotatable bonds is 7. The Bertz CT molecular complexity index is 1110. The van der Waals surface area contributed by atoms with E-state index in [9.17, 15) is 10.1 Å². The number of thiophene rings is 1. The Morgan fingerprint density at radius 2 is 2.30 bits per heavy atom. The molecular formula is C21H23N5OS3. The number of thioether (sulfide) groups is 1. The fraction of sp³-hybridized carbons (Fsp3) is 0.476. The van der Waals surface area contributed by atoms with E-state index in [4.69, 9.17) is 0 Å². The lowest BCUT2D eigenvalue weighted by molar-refractivity contribution is -0.116. The van der Waals surface area contributed by atoms with Gasteiger partial charge in [0.25, 0.3) is 0 Å². The van der Waals surface area contributed by atoms with Gasteiger partial charge in [0.15, 0.2) is 22.7 Å². The van der Waals surface area contributed by atoms with E-state index in [1.165, 1.54) is 46.4 Å². The number of fused-ring (bicyclic) bond motifs is 1. The lowest BCUT2D eigenvalue weighted by Gasteiger charge is -2.19. The molecule has 2 atom stereocenters. The number of ketones is 1. The Kier molecular flexibility index (Phi) is 6.37. The summed E-state index contributed by atoms with van der Waals surface area (Å²) in [6.45, 7) is 4.13. The molecule has 4 rings (SSSR count). The fourth-order valence-corrected chi connectivity index (χ4v) is 6.61. The predicted molar refractivity (Wildman–Crippen MR) is 121 cm³/mol.